The van der Waals surface area contributed by atoms with E-state index in [1.807, 2.05) is 25.1 Å². The minimum Gasteiger partial charge on any atom is -0.437 e. The topological polar surface area (TPSA) is 89.0 Å². The second-order valence-electron chi connectivity index (χ2n) is 6.97. The zero-order valence-electron chi connectivity index (χ0n) is 16.6. The number of hydrogen-bond acceptors (Lipinski definition) is 5. The Hall–Kier alpha value is -3.40. The van der Waals surface area contributed by atoms with Crippen LogP contribution in [0.25, 0.3) is 5.76 Å². The number of benzene rings is 2. The van der Waals surface area contributed by atoms with Gasteiger partial charge in [0.2, 0.25) is 5.88 Å². The van der Waals surface area contributed by atoms with E-state index in [-0.39, 0.29) is 17.2 Å². The fourth-order valence-corrected chi connectivity index (χ4v) is 4.91. The van der Waals surface area contributed by atoms with Crippen LogP contribution in [0.5, 0.6) is 0 Å². The van der Waals surface area contributed by atoms with E-state index in [1.165, 1.54) is 0 Å². The molecule has 5 nitrogen and oxygen atoms in total. The van der Waals surface area contributed by atoms with Gasteiger partial charge in [0.05, 0.1) is 21.6 Å². The summed E-state index contributed by atoms with van der Waals surface area (Å²) in [7, 11) is -1.64. The van der Waals surface area contributed by atoms with Crippen LogP contribution in [0, 0.1) is 18.3 Å². The highest BCUT2D eigenvalue weighted by Gasteiger charge is 2.37. The lowest BCUT2D eigenvalue weighted by molar-refractivity contribution is 0.357. The molecule has 0 unspecified atom stereocenters. The summed E-state index contributed by atoms with van der Waals surface area (Å²) in [5.41, 5.74) is 8.60. The minimum atomic E-state index is -1.64. The lowest BCUT2D eigenvalue weighted by Crippen LogP contribution is -2.23. The Balaban J connectivity index is 1.99. The van der Waals surface area contributed by atoms with Crippen molar-refractivity contribution in [3.05, 3.63) is 111 Å². The number of nitrogens with zero attached hydrogens (tertiary/aromatic N) is 2. The normalized spacial score (nSPS) is 17.1. The number of hydrogen-bond donors (Lipinski definition) is 1. The molecule has 0 amide bonds. The van der Waals surface area contributed by atoms with Crippen LogP contribution >= 0.6 is 11.6 Å². The van der Waals surface area contributed by atoms with Gasteiger partial charge in [0.15, 0.2) is 5.76 Å². The summed E-state index contributed by atoms with van der Waals surface area (Å²) in [6.07, 6.45) is 1.62. The van der Waals surface area contributed by atoms with E-state index in [0.29, 0.717) is 20.5 Å². The number of aromatic nitrogens is 1. The third-order valence-electron chi connectivity index (χ3n) is 4.91. The van der Waals surface area contributed by atoms with Crippen molar-refractivity contribution in [2.24, 2.45) is 5.73 Å². The number of pyridine rings is 1. The number of nitrogens with two attached hydrogens (primary N) is 1. The Morgan fingerprint density at radius 3 is 2.42 bits per heavy atom. The maximum absolute atomic E-state index is 13.9. The zero-order chi connectivity index (χ0) is 22.0. The second-order valence-corrected chi connectivity index (χ2v) is 8.85. The molecular formula is C24H18ClN3O2S. The van der Waals surface area contributed by atoms with Gasteiger partial charge in [-0.05, 0) is 48.9 Å². The molecule has 7 heteroatoms. The Kier molecular flexibility index (Phi) is 5.90. The van der Waals surface area contributed by atoms with Crippen LogP contribution in [0.2, 0.25) is 5.02 Å². The first-order valence-electron chi connectivity index (χ1n) is 9.46. The van der Waals surface area contributed by atoms with Gasteiger partial charge >= 0.3 is 0 Å². The molecule has 31 heavy (non-hydrogen) atoms. The van der Waals surface area contributed by atoms with Crippen molar-refractivity contribution in [2.45, 2.75) is 17.7 Å². The lowest BCUT2D eigenvalue weighted by Gasteiger charge is -2.28. The molecule has 1 aliphatic rings. The molecule has 2 heterocycles. The third kappa shape index (κ3) is 4.11. The van der Waals surface area contributed by atoms with Crippen LogP contribution in [-0.4, -0.2) is 9.19 Å². The van der Waals surface area contributed by atoms with Gasteiger partial charge in [0.1, 0.15) is 17.3 Å². The minimum absolute atomic E-state index is 0.0345. The SMILES string of the molecule is Cc1ccc([S@](=O)C2=C(c3ccccn3)OC(N)=C(C#N)[C@H]2c2ccc(Cl)cc2)cc1. The first-order valence-corrected chi connectivity index (χ1v) is 11.0. The summed E-state index contributed by atoms with van der Waals surface area (Å²) >= 11 is 6.08. The molecule has 3 aromatic rings. The molecule has 2 N–H and O–H groups in total. The molecule has 1 aliphatic heterocycles. The number of rotatable bonds is 4. The fourth-order valence-electron chi connectivity index (χ4n) is 3.37. The molecule has 0 aliphatic carbocycles. The summed E-state index contributed by atoms with van der Waals surface area (Å²) in [6, 6.07) is 21.9. The smallest absolute Gasteiger partial charge is 0.205 e. The maximum atomic E-state index is 13.9. The second kappa shape index (κ2) is 8.76. The molecule has 0 saturated carbocycles. The number of nitriles is 1. The standard InChI is InChI=1S/C24H18ClN3O2S/c1-15-5-11-18(12-6-15)31(29)23-21(16-7-9-17(25)10-8-16)19(14-26)24(27)30-22(23)20-4-2-3-13-28-20/h2-13,21H,27H2,1H3/t21-,31+/m1/s1. The van der Waals surface area contributed by atoms with E-state index in [2.05, 4.69) is 11.1 Å². The number of aryl methyl sites for hydroxylation is 1. The van der Waals surface area contributed by atoms with Gasteiger partial charge in [-0.25, -0.2) is 4.21 Å². The first-order chi connectivity index (χ1) is 15.0. The predicted octanol–water partition coefficient (Wildman–Crippen LogP) is 5.03. The Morgan fingerprint density at radius 2 is 1.81 bits per heavy atom. The molecule has 154 valence electrons. The third-order valence-corrected chi connectivity index (χ3v) is 6.68. The molecule has 0 radical (unpaired) electrons. The van der Waals surface area contributed by atoms with Gasteiger partial charge in [-0.3, -0.25) is 4.98 Å². The van der Waals surface area contributed by atoms with E-state index in [1.54, 1.807) is 54.7 Å². The van der Waals surface area contributed by atoms with Gasteiger partial charge in [-0.2, -0.15) is 5.26 Å². The summed E-state index contributed by atoms with van der Waals surface area (Å²) in [4.78, 5) is 5.38. The van der Waals surface area contributed by atoms with Crippen molar-refractivity contribution in [1.29, 1.82) is 5.26 Å². The van der Waals surface area contributed by atoms with Crippen LogP contribution in [0.3, 0.4) is 0 Å². The first kappa shape index (κ1) is 20.9. The van der Waals surface area contributed by atoms with Crippen LogP contribution in [0.4, 0.5) is 0 Å². The van der Waals surface area contributed by atoms with Gasteiger partial charge in [-0.15, -0.1) is 0 Å². The predicted molar refractivity (Wildman–Crippen MR) is 121 cm³/mol. The molecule has 2 aromatic carbocycles. The Labute approximate surface area is 187 Å². The summed E-state index contributed by atoms with van der Waals surface area (Å²) in [5.74, 6) is -0.418. The maximum Gasteiger partial charge on any atom is 0.205 e. The molecule has 1 aromatic heterocycles. The van der Waals surface area contributed by atoms with Crippen LogP contribution in [-0.2, 0) is 15.5 Å². The number of ether oxygens (including phenoxy) is 1. The molecule has 0 saturated heterocycles. The van der Waals surface area contributed by atoms with E-state index >= 15 is 0 Å². The monoisotopic (exact) mass is 447 g/mol. The zero-order valence-corrected chi connectivity index (χ0v) is 18.2. The van der Waals surface area contributed by atoms with Crippen molar-refractivity contribution >= 4 is 28.2 Å². The largest absolute Gasteiger partial charge is 0.437 e. The van der Waals surface area contributed by atoms with Crippen molar-refractivity contribution < 1.29 is 8.95 Å². The van der Waals surface area contributed by atoms with Crippen LogP contribution in [0.15, 0.2) is 94.2 Å². The highest BCUT2D eigenvalue weighted by Crippen LogP contribution is 2.44. The average molecular weight is 448 g/mol. The van der Waals surface area contributed by atoms with Crippen LogP contribution < -0.4 is 5.73 Å². The van der Waals surface area contributed by atoms with E-state index < -0.39 is 16.7 Å². The van der Waals surface area contributed by atoms with Crippen molar-refractivity contribution in [1.82, 2.24) is 4.98 Å². The lowest BCUT2D eigenvalue weighted by atomic mass is 9.89. The van der Waals surface area contributed by atoms with Gasteiger partial charge in [0.25, 0.3) is 0 Å². The molecule has 2 atom stereocenters. The van der Waals surface area contributed by atoms with Crippen molar-refractivity contribution in [3.8, 4) is 6.07 Å². The molecular weight excluding hydrogens is 430 g/mol. The molecule has 4 rings (SSSR count). The summed E-state index contributed by atoms with van der Waals surface area (Å²) in [6.45, 7) is 1.96. The van der Waals surface area contributed by atoms with E-state index in [0.717, 1.165) is 11.1 Å². The van der Waals surface area contributed by atoms with E-state index in [4.69, 9.17) is 22.1 Å². The van der Waals surface area contributed by atoms with Crippen molar-refractivity contribution in [3.63, 3.8) is 0 Å². The fraction of sp³-hybridized carbons (Fsp3) is 0.0833. The summed E-state index contributed by atoms with van der Waals surface area (Å²) < 4.78 is 19.7. The van der Waals surface area contributed by atoms with Crippen LogP contribution in [0.1, 0.15) is 22.7 Å². The van der Waals surface area contributed by atoms with Crippen molar-refractivity contribution in [2.75, 3.05) is 0 Å². The van der Waals surface area contributed by atoms with Gasteiger partial charge in [-0.1, -0.05) is 47.5 Å². The van der Waals surface area contributed by atoms with E-state index in [9.17, 15) is 9.47 Å². The molecule has 0 bridgehead atoms. The van der Waals surface area contributed by atoms with Gasteiger partial charge in [0, 0.05) is 16.1 Å². The highest BCUT2D eigenvalue weighted by molar-refractivity contribution is 7.89. The molecule has 0 spiro atoms. The highest BCUT2D eigenvalue weighted by atomic mass is 35.5. The quantitative estimate of drug-likeness (QED) is 0.606. The van der Waals surface area contributed by atoms with Gasteiger partial charge < -0.3 is 10.5 Å². The Bertz CT molecular complexity index is 1240. The average Bonchev–Trinajstić information content (AvgIpc) is 2.79. The number of halogens is 1. The summed E-state index contributed by atoms with van der Waals surface area (Å²) in [5, 5.41) is 10.4. The molecule has 0 fully saturated rings. The number of allylic oxidation sites excluding steroid dienone is 2. The Morgan fingerprint density at radius 1 is 1.10 bits per heavy atom.